The SMILES string of the molecule is COc1ccc(CC(CO)CNC(=O)N2CCOC(c3ccc(F)c(F)c3)C2)cc1OC. The van der Waals surface area contributed by atoms with Crippen molar-refractivity contribution in [1.29, 1.82) is 0 Å². The van der Waals surface area contributed by atoms with Crippen molar-refractivity contribution in [3.05, 3.63) is 59.2 Å². The van der Waals surface area contributed by atoms with Crippen LogP contribution in [0.5, 0.6) is 11.5 Å². The van der Waals surface area contributed by atoms with E-state index in [4.69, 9.17) is 14.2 Å². The first kappa shape index (κ1) is 23.7. The number of aliphatic hydroxyl groups is 1. The van der Waals surface area contributed by atoms with Gasteiger partial charge in [-0.3, -0.25) is 0 Å². The van der Waals surface area contributed by atoms with Gasteiger partial charge in [-0.15, -0.1) is 0 Å². The number of carbonyl (C=O) groups excluding carboxylic acids is 1. The second kappa shape index (κ2) is 11.1. The van der Waals surface area contributed by atoms with Crippen molar-refractivity contribution < 1.29 is 32.9 Å². The van der Waals surface area contributed by atoms with E-state index in [9.17, 15) is 18.7 Å². The molecule has 7 nitrogen and oxygen atoms in total. The van der Waals surface area contributed by atoms with Crippen LogP contribution in [0.1, 0.15) is 17.2 Å². The number of halogens is 2. The number of aliphatic hydroxyl groups excluding tert-OH is 1. The lowest BCUT2D eigenvalue weighted by Gasteiger charge is -2.33. The zero-order chi connectivity index (χ0) is 23.1. The number of ether oxygens (including phenoxy) is 3. The van der Waals surface area contributed by atoms with Crippen LogP contribution in [0.15, 0.2) is 36.4 Å². The lowest BCUT2D eigenvalue weighted by Crippen LogP contribution is -2.48. The summed E-state index contributed by atoms with van der Waals surface area (Å²) in [6.45, 7) is 1.06. The number of carbonyl (C=O) groups is 1. The first-order chi connectivity index (χ1) is 15.4. The number of nitrogens with zero attached hydrogens (tertiary/aromatic N) is 1. The molecule has 174 valence electrons. The number of amides is 2. The maximum absolute atomic E-state index is 13.5. The molecule has 2 atom stereocenters. The van der Waals surface area contributed by atoms with E-state index in [-0.39, 0.29) is 38.3 Å². The fourth-order valence-electron chi connectivity index (χ4n) is 3.63. The Morgan fingerprint density at radius 3 is 2.66 bits per heavy atom. The van der Waals surface area contributed by atoms with Crippen LogP contribution in [0, 0.1) is 17.6 Å². The highest BCUT2D eigenvalue weighted by Gasteiger charge is 2.26. The normalized spacial score (nSPS) is 17.0. The topological polar surface area (TPSA) is 80.3 Å². The van der Waals surface area contributed by atoms with Gasteiger partial charge in [0, 0.05) is 25.6 Å². The molecule has 0 saturated carbocycles. The van der Waals surface area contributed by atoms with E-state index in [1.807, 2.05) is 12.1 Å². The van der Waals surface area contributed by atoms with Crippen molar-refractivity contribution in [1.82, 2.24) is 10.2 Å². The van der Waals surface area contributed by atoms with Gasteiger partial charge in [0.1, 0.15) is 6.10 Å². The van der Waals surface area contributed by atoms with Crippen molar-refractivity contribution in [3.63, 3.8) is 0 Å². The van der Waals surface area contributed by atoms with Crippen LogP contribution in [-0.2, 0) is 11.2 Å². The average molecular weight is 450 g/mol. The summed E-state index contributed by atoms with van der Waals surface area (Å²) in [6.07, 6.45) is 0.00238. The van der Waals surface area contributed by atoms with E-state index in [1.54, 1.807) is 25.2 Å². The van der Waals surface area contributed by atoms with Crippen molar-refractivity contribution in [3.8, 4) is 11.5 Å². The third-order valence-corrected chi connectivity index (χ3v) is 5.44. The predicted octanol–water partition coefficient (Wildman–Crippen LogP) is 2.92. The molecule has 2 N–H and O–H groups in total. The molecule has 0 bridgehead atoms. The molecular weight excluding hydrogens is 422 g/mol. The Balaban J connectivity index is 1.55. The van der Waals surface area contributed by atoms with Crippen molar-refractivity contribution in [2.24, 2.45) is 5.92 Å². The zero-order valence-corrected chi connectivity index (χ0v) is 18.1. The van der Waals surface area contributed by atoms with E-state index in [2.05, 4.69) is 5.32 Å². The molecule has 1 saturated heterocycles. The smallest absolute Gasteiger partial charge is 0.317 e. The summed E-state index contributed by atoms with van der Waals surface area (Å²) in [7, 11) is 3.12. The second-order valence-electron chi connectivity index (χ2n) is 7.61. The second-order valence-corrected chi connectivity index (χ2v) is 7.61. The molecule has 0 spiro atoms. The zero-order valence-electron chi connectivity index (χ0n) is 18.1. The van der Waals surface area contributed by atoms with E-state index in [0.717, 1.165) is 17.7 Å². The fourth-order valence-corrected chi connectivity index (χ4v) is 3.63. The maximum Gasteiger partial charge on any atom is 0.317 e. The molecule has 1 fully saturated rings. The Bertz CT molecular complexity index is 927. The number of urea groups is 1. The number of hydrogen-bond donors (Lipinski definition) is 2. The van der Waals surface area contributed by atoms with Gasteiger partial charge in [0.2, 0.25) is 0 Å². The van der Waals surface area contributed by atoms with Gasteiger partial charge in [0.15, 0.2) is 23.1 Å². The van der Waals surface area contributed by atoms with Crippen LogP contribution < -0.4 is 14.8 Å². The quantitative estimate of drug-likeness (QED) is 0.647. The van der Waals surface area contributed by atoms with Crippen LogP contribution in [-0.4, -0.2) is 63.1 Å². The molecule has 2 amide bonds. The number of benzene rings is 2. The minimum absolute atomic E-state index is 0.102. The summed E-state index contributed by atoms with van der Waals surface area (Å²) in [6, 6.07) is 8.83. The van der Waals surface area contributed by atoms with Crippen molar-refractivity contribution in [2.75, 3.05) is 47.1 Å². The van der Waals surface area contributed by atoms with Gasteiger partial charge in [-0.05, 0) is 41.8 Å². The maximum atomic E-state index is 13.5. The number of hydrogen-bond acceptors (Lipinski definition) is 5. The van der Waals surface area contributed by atoms with Gasteiger partial charge in [-0.2, -0.15) is 0 Å². The molecule has 0 aromatic heterocycles. The fraction of sp³-hybridized carbons (Fsp3) is 0.435. The van der Waals surface area contributed by atoms with Crippen LogP contribution in [0.3, 0.4) is 0 Å². The van der Waals surface area contributed by atoms with Gasteiger partial charge < -0.3 is 29.5 Å². The Labute approximate surface area is 185 Å². The number of nitrogens with one attached hydrogen (secondary N) is 1. The average Bonchev–Trinajstić information content (AvgIpc) is 2.83. The van der Waals surface area contributed by atoms with Crippen molar-refractivity contribution in [2.45, 2.75) is 12.5 Å². The Morgan fingerprint density at radius 2 is 1.97 bits per heavy atom. The lowest BCUT2D eigenvalue weighted by atomic mass is 9.99. The summed E-state index contributed by atoms with van der Waals surface area (Å²) in [5, 5.41) is 12.6. The summed E-state index contributed by atoms with van der Waals surface area (Å²) < 4.78 is 42.9. The number of methoxy groups -OCH3 is 2. The first-order valence-electron chi connectivity index (χ1n) is 10.4. The van der Waals surface area contributed by atoms with Crippen LogP contribution in [0.25, 0.3) is 0 Å². The molecule has 2 unspecified atom stereocenters. The molecule has 1 aliphatic heterocycles. The van der Waals surface area contributed by atoms with Crippen molar-refractivity contribution >= 4 is 6.03 Å². The summed E-state index contributed by atoms with van der Waals surface area (Å²) >= 11 is 0. The summed E-state index contributed by atoms with van der Waals surface area (Å²) in [5.41, 5.74) is 1.42. The summed E-state index contributed by atoms with van der Waals surface area (Å²) in [5.74, 6) is -0.854. The predicted molar refractivity (Wildman–Crippen MR) is 114 cm³/mol. The summed E-state index contributed by atoms with van der Waals surface area (Å²) in [4.78, 5) is 14.2. The van der Waals surface area contributed by atoms with Gasteiger partial charge >= 0.3 is 6.03 Å². The first-order valence-corrected chi connectivity index (χ1v) is 10.4. The monoisotopic (exact) mass is 450 g/mol. The molecular formula is C23H28F2N2O5. The molecule has 2 aromatic carbocycles. The molecule has 9 heteroatoms. The minimum Gasteiger partial charge on any atom is -0.493 e. The number of rotatable bonds is 8. The van der Waals surface area contributed by atoms with E-state index >= 15 is 0 Å². The van der Waals surface area contributed by atoms with Gasteiger partial charge in [0.05, 0.1) is 27.4 Å². The number of morpholine rings is 1. The highest BCUT2D eigenvalue weighted by Crippen LogP contribution is 2.28. The Hall–Kier alpha value is -2.91. The standard InChI is InChI=1S/C23H28F2N2O5/c1-30-20-6-3-15(10-21(20)31-2)9-16(14-28)12-26-23(29)27-7-8-32-22(13-27)17-4-5-18(24)19(25)11-17/h3-6,10-11,16,22,28H,7-9,12-14H2,1-2H3,(H,26,29). The molecule has 0 radical (unpaired) electrons. The highest BCUT2D eigenvalue weighted by molar-refractivity contribution is 5.74. The highest BCUT2D eigenvalue weighted by atomic mass is 19.2. The molecule has 2 aromatic rings. The molecule has 0 aliphatic carbocycles. The van der Waals surface area contributed by atoms with E-state index in [0.29, 0.717) is 30.0 Å². The van der Waals surface area contributed by atoms with Crippen LogP contribution in [0.4, 0.5) is 13.6 Å². The van der Waals surface area contributed by atoms with Gasteiger partial charge in [0.25, 0.3) is 0 Å². The third kappa shape index (κ3) is 5.86. The molecule has 1 heterocycles. The molecule has 3 rings (SSSR count). The third-order valence-electron chi connectivity index (χ3n) is 5.44. The Morgan fingerprint density at radius 1 is 1.19 bits per heavy atom. The lowest BCUT2D eigenvalue weighted by molar-refractivity contribution is -0.0157. The van der Waals surface area contributed by atoms with Crippen LogP contribution >= 0.6 is 0 Å². The Kier molecular flexibility index (Phi) is 8.24. The minimum atomic E-state index is -0.950. The van der Waals surface area contributed by atoms with Crippen LogP contribution in [0.2, 0.25) is 0 Å². The molecule has 1 aliphatic rings. The van der Waals surface area contributed by atoms with Gasteiger partial charge in [-0.25, -0.2) is 13.6 Å². The van der Waals surface area contributed by atoms with E-state index in [1.165, 1.54) is 6.07 Å². The molecule has 32 heavy (non-hydrogen) atoms. The van der Waals surface area contributed by atoms with E-state index < -0.39 is 17.7 Å². The largest absolute Gasteiger partial charge is 0.493 e. The van der Waals surface area contributed by atoms with Gasteiger partial charge in [-0.1, -0.05) is 12.1 Å².